The highest BCUT2D eigenvalue weighted by atomic mass is 32.1. The highest BCUT2D eigenvalue weighted by molar-refractivity contribution is 7.24. The molecule has 0 unspecified atom stereocenters. The van der Waals surface area contributed by atoms with Gasteiger partial charge < -0.3 is 9.80 Å². The Hall–Kier alpha value is -4.20. The van der Waals surface area contributed by atoms with Gasteiger partial charge in [0.1, 0.15) is 0 Å². The van der Waals surface area contributed by atoms with Crippen LogP contribution in [0.4, 0.5) is 0 Å². The zero-order valence-corrected chi connectivity index (χ0v) is 35.3. The fraction of sp³-hybridized carbons (Fsp3) is 0.192. The molecule has 8 bridgehead atoms. The molecule has 0 spiro atoms. The lowest BCUT2D eigenvalue weighted by Gasteiger charge is -2.26. The van der Waals surface area contributed by atoms with Crippen LogP contribution in [0.25, 0.3) is 65.4 Å². The number of rotatable bonds is 12. The van der Waals surface area contributed by atoms with E-state index in [2.05, 4.69) is 185 Å². The summed E-state index contributed by atoms with van der Waals surface area (Å²) in [6, 6.07) is 30.7. The third-order valence-corrected chi connectivity index (χ3v) is 13.8. The Labute approximate surface area is 354 Å². The molecule has 288 valence electrons. The van der Waals surface area contributed by atoms with Crippen molar-refractivity contribution in [3.05, 3.63) is 181 Å². The third kappa shape index (κ3) is 7.70. The number of benzene rings is 2. The van der Waals surface area contributed by atoms with Gasteiger partial charge in [-0.05, 0) is 124 Å². The van der Waals surface area contributed by atoms with Crippen molar-refractivity contribution in [3.63, 3.8) is 0 Å². The molecule has 3 aromatic heterocycles. The molecule has 4 aliphatic rings. The largest absolute Gasteiger partial charge is 0.303 e. The summed E-state index contributed by atoms with van der Waals surface area (Å²) in [5.41, 5.74) is 10.9. The van der Waals surface area contributed by atoms with Crippen LogP contribution in [-0.2, 0) is 0 Å². The fourth-order valence-corrected chi connectivity index (χ4v) is 10.7. The molecular weight excluding hydrogens is 745 g/mol. The van der Waals surface area contributed by atoms with Gasteiger partial charge in [0.15, 0.2) is 0 Å². The predicted octanol–water partition coefficient (Wildman–Crippen LogP) is 12.4. The van der Waals surface area contributed by atoms with Crippen molar-refractivity contribution in [3.8, 4) is 22.3 Å². The van der Waals surface area contributed by atoms with Gasteiger partial charge in [-0.3, -0.25) is 0 Å². The van der Waals surface area contributed by atoms with Crippen LogP contribution in [0.2, 0.25) is 0 Å². The second-order valence-electron chi connectivity index (χ2n) is 14.8. The normalized spacial score (nSPS) is 16.5. The molecule has 0 atom stereocenters. The summed E-state index contributed by atoms with van der Waals surface area (Å²) >= 11 is 3.67. The number of hydrogen-bond acceptors (Lipinski definition) is 6. The lowest BCUT2D eigenvalue weighted by atomic mass is 9.87. The van der Waals surface area contributed by atoms with Crippen molar-refractivity contribution in [1.29, 1.82) is 0 Å². The number of hydrogen-bond donors (Lipinski definition) is 0. The van der Waals surface area contributed by atoms with E-state index in [1.807, 2.05) is 22.7 Å². The first-order valence-electron chi connectivity index (χ1n) is 20.6. The van der Waals surface area contributed by atoms with E-state index < -0.39 is 0 Å². The highest BCUT2D eigenvalue weighted by Gasteiger charge is 2.37. The molecule has 4 nitrogen and oxygen atoms in total. The first-order chi connectivity index (χ1) is 28.6. The minimum Gasteiger partial charge on any atom is -0.303 e. The molecule has 0 N–H and O–H groups in total. The summed E-state index contributed by atoms with van der Waals surface area (Å²) in [5.74, 6) is 5.16. The Balaban J connectivity index is 1.37. The molecule has 0 amide bonds. The van der Waals surface area contributed by atoms with Crippen LogP contribution in [0, 0.1) is 62.2 Å². The van der Waals surface area contributed by atoms with Crippen molar-refractivity contribution in [2.75, 3.05) is 39.3 Å². The number of fused-ring (bicyclic) bond motifs is 8. The average Bonchev–Trinajstić information content (AvgIpc) is 4.13. The number of aromatic nitrogens is 2. The molecule has 2 saturated carbocycles. The first-order valence-corrected chi connectivity index (χ1v) is 22.2. The molecular formula is C52H48N4S2. The second kappa shape index (κ2) is 17.6. The summed E-state index contributed by atoms with van der Waals surface area (Å²) in [6.45, 7) is 14.8. The predicted molar refractivity (Wildman–Crippen MR) is 249 cm³/mol. The van der Waals surface area contributed by atoms with Crippen LogP contribution < -0.4 is 0 Å². The zero-order valence-electron chi connectivity index (χ0n) is 33.7. The van der Waals surface area contributed by atoms with Gasteiger partial charge >= 0.3 is 0 Å². The average molecular weight is 793 g/mol. The minimum absolute atomic E-state index is 0.893. The number of thiophene rings is 2. The zero-order chi connectivity index (χ0) is 39.6. The SMILES string of the molecule is CCN(CC)C[C]1[CH][CH][CH][C]1c1c2nc(c(-c3ccccc3)c3ccc(s3)c(-c3ccccc3)c3nc(c([C]4[CH][CH][CH][C]4CN(CC)CC)c4ccc1s4)C=C3)C=C2. The van der Waals surface area contributed by atoms with E-state index >= 15 is 0 Å². The van der Waals surface area contributed by atoms with E-state index in [-0.39, 0.29) is 0 Å². The van der Waals surface area contributed by atoms with Crippen molar-refractivity contribution in [2.24, 2.45) is 0 Å². The van der Waals surface area contributed by atoms with E-state index in [4.69, 9.17) is 9.97 Å². The monoisotopic (exact) mass is 792 g/mol. The van der Waals surface area contributed by atoms with E-state index in [9.17, 15) is 0 Å². The summed E-state index contributed by atoms with van der Waals surface area (Å²) in [7, 11) is 0. The van der Waals surface area contributed by atoms with Crippen LogP contribution >= 0.6 is 22.7 Å². The third-order valence-electron chi connectivity index (χ3n) is 11.6. The molecule has 0 saturated heterocycles. The van der Waals surface area contributed by atoms with Crippen LogP contribution in [0.1, 0.15) is 61.6 Å². The molecule has 2 fully saturated rings. The van der Waals surface area contributed by atoms with Gasteiger partial charge in [-0.15, -0.1) is 22.7 Å². The molecule has 5 aromatic rings. The summed E-state index contributed by atoms with van der Waals surface area (Å²) in [6.07, 6.45) is 22.5. The summed E-state index contributed by atoms with van der Waals surface area (Å²) in [5, 5.41) is 0. The smallest absolute Gasteiger partial charge is 0.0730 e. The standard InChI is InChI=1S/C52H48N4S2/c1-5-55(6-2)33-37-21-15-23-39(37)51-43-27-25-41(53-43)49(35-17-11-9-12-18-35)45-29-30-46(57-45)50(36-19-13-10-14-20-36)42-26-28-44(54-42)52(48-32-31-47(51)58-48)40-24-16-22-38(40)34-56(7-3)8-4/h9-32H,5-8,33-34H2,1-4H3. The van der Waals surface area contributed by atoms with E-state index in [1.165, 1.54) is 53.6 Å². The van der Waals surface area contributed by atoms with Crippen LogP contribution in [0.3, 0.4) is 0 Å². The van der Waals surface area contributed by atoms with E-state index in [0.717, 1.165) is 84.3 Å². The highest BCUT2D eigenvalue weighted by Crippen LogP contribution is 2.48. The van der Waals surface area contributed by atoms with Gasteiger partial charge in [0.05, 0.1) is 22.8 Å². The molecule has 6 heteroatoms. The molecule has 2 aromatic carbocycles. The number of nitrogens with zero attached hydrogens (tertiary/aromatic N) is 4. The molecule has 10 radical (unpaired) electrons. The van der Waals surface area contributed by atoms with Gasteiger partial charge in [-0.25, -0.2) is 9.97 Å². The Morgan fingerprint density at radius 1 is 0.414 bits per heavy atom. The fourth-order valence-electron chi connectivity index (χ4n) is 8.39. The molecule has 2 aliphatic carbocycles. The van der Waals surface area contributed by atoms with Gasteiger partial charge in [-0.2, -0.15) is 0 Å². The maximum Gasteiger partial charge on any atom is 0.0730 e. The van der Waals surface area contributed by atoms with Crippen molar-refractivity contribution >= 4 is 65.8 Å². The van der Waals surface area contributed by atoms with Crippen LogP contribution in [0.15, 0.2) is 84.9 Å². The topological polar surface area (TPSA) is 32.3 Å². The maximum absolute atomic E-state index is 5.58. The molecule has 58 heavy (non-hydrogen) atoms. The van der Waals surface area contributed by atoms with Gasteiger partial charge in [0, 0.05) is 77.8 Å². The molecule has 2 aliphatic heterocycles. The van der Waals surface area contributed by atoms with Crippen LogP contribution in [0.5, 0.6) is 0 Å². The second-order valence-corrected chi connectivity index (χ2v) is 17.0. The molecule has 5 heterocycles. The van der Waals surface area contributed by atoms with Gasteiger partial charge in [-0.1, -0.05) is 88.4 Å². The minimum atomic E-state index is 0.893. The Morgan fingerprint density at radius 3 is 1.12 bits per heavy atom. The first kappa shape index (κ1) is 39.3. The quantitative estimate of drug-likeness (QED) is 0.123. The van der Waals surface area contributed by atoms with Crippen LogP contribution in [-0.4, -0.2) is 59.0 Å². The van der Waals surface area contributed by atoms with Crippen molar-refractivity contribution < 1.29 is 0 Å². The van der Waals surface area contributed by atoms with E-state index in [0.29, 0.717) is 0 Å². The van der Waals surface area contributed by atoms with Gasteiger partial charge in [0.25, 0.3) is 0 Å². The van der Waals surface area contributed by atoms with Crippen molar-refractivity contribution in [2.45, 2.75) is 27.7 Å². The summed E-state index contributed by atoms with van der Waals surface area (Å²) < 4.78 is 4.77. The molecule has 9 rings (SSSR count). The lowest BCUT2D eigenvalue weighted by molar-refractivity contribution is 0.319. The Bertz CT molecular complexity index is 2280. The Kier molecular flexibility index (Phi) is 11.9. The lowest BCUT2D eigenvalue weighted by Crippen LogP contribution is -2.29. The Morgan fingerprint density at radius 2 is 0.759 bits per heavy atom. The summed E-state index contributed by atoms with van der Waals surface area (Å²) in [4.78, 5) is 16.1. The van der Waals surface area contributed by atoms with E-state index in [1.54, 1.807) is 0 Å². The van der Waals surface area contributed by atoms with Gasteiger partial charge in [0.2, 0.25) is 0 Å². The maximum atomic E-state index is 5.58. The van der Waals surface area contributed by atoms with Crippen molar-refractivity contribution in [1.82, 2.24) is 19.8 Å².